The first-order valence-electron chi connectivity index (χ1n) is 8.16. The van der Waals surface area contributed by atoms with Gasteiger partial charge in [-0.25, -0.2) is 0 Å². The van der Waals surface area contributed by atoms with E-state index in [4.69, 9.17) is 9.47 Å². The molecule has 0 radical (unpaired) electrons. The summed E-state index contributed by atoms with van der Waals surface area (Å²) in [6.45, 7) is 0. The Morgan fingerprint density at radius 1 is 1.08 bits per heavy atom. The van der Waals surface area contributed by atoms with E-state index in [-0.39, 0.29) is 6.04 Å². The lowest BCUT2D eigenvalue weighted by molar-refractivity contribution is 0.341. The van der Waals surface area contributed by atoms with Crippen molar-refractivity contribution >= 4 is 21.6 Å². The van der Waals surface area contributed by atoms with E-state index in [1.54, 1.807) is 14.2 Å². The molecule has 0 amide bonds. The second-order valence-electron chi connectivity index (χ2n) is 6.29. The maximum Gasteiger partial charge on any atom is 0.165 e. The van der Waals surface area contributed by atoms with Gasteiger partial charge in [0.2, 0.25) is 0 Å². The zero-order valence-electron chi connectivity index (χ0n) is 13.8. The Hall–Kier alpha value is -1.94. The Kier molecular flexibility index (Phi) is 4.01. The van der Waals surface area contributed by atoms with Gasteiger partial charge in [0.1, 0.15) is 0 Å². The van der Waals surface area contributed by atoms with E-state index in [1.807, 2.05) is 12.1 Å². The van der Waals surface area contributed by atoms with E-state index in [0.29, 0.717) is 11.8 Å². The Morgan fingerprint density at radius 3 is 2.75 bits per heavy atom. The van der Waals surface area contributed by atoms with Crippen LogP contribution in [0, 0.1) is 5.92 Å². The summed E-state index contributed by atoms with van der Waals surface area (Å²) in [5.74, 6) is 2.51. The van der Waals surface area contributed by atoms with Crippen LogP contribution in [0.25, 0.3) is 0 Å². The highest BCUT2D eigenvalue weighted by atomic mass is 79.9. The minimum atomic E-state index is 0.198. The van der Waals surface area contributed by atoms with Crippen molar-refractivity contribution in [2.45, 2.75) is 18.4 Å². The summed E-state index contributed by atoms with van der Waals surface area (Å²) in [5.41, 5.74) is 3.71. The van der Waals surface area contributed by atoms with Gasteiger partial charge in [0, 0.05) is 21.6 Å². The van der Waals surface area contributed by atoms with Gasteiger partial charge >= 0.3 is 0 Å². The third-order valence-corrected chi connectivity index (χ3v) is 5.59. The molecule has 0 fully saturated rings. The summed E-state index contributed by atoms with van der Waals surface area (Å²) in [7, 11) is 3.39. The highest BCUT2D eigenvalue weighted by Gasteiger charge is 2.39. The Labute approximate surface area is 150 Å². The summed E-state index contributed by atoms with van der Waals surface area (Å²) in [6, 6.07) is 12.8. The SMILES string of the molecule is COc1cccc([C@@H]2Nc3ccc(Br)cc3[C@@H]3C=CC[C@H]32)c1OC. The van der Waals surface area contributed by atoms with Gasteiger partial charge in [0.05, 0.1) is 20.3 Å². The number of ether oxygens (including phenoxy) is 2. The first kappa shape index (κ1) is 15.6. The van der Waals surface area contributed by atoms with Crippen LogP contribution >= 0.6 is 15.9 Å². The second-order valence-corrected chi connectivity index (χ2v) is 7.21. The fourth-order valence-corrected chi connectivity index (χ4v) is 4.41. The molecule has 0 saturated heterocycles. The van der Waals surface area contributed by atoms with Gasteiger partial charge in [-0.3, -0.25) is 0 Å². The molecule has 0 unspecified atom stereocenters. The maximum atomic E-state index is 5.68. The molecule has 124 valence electrons. The number of rotatable bonds is 3. The van der Waals surface area contributed by atoms with Crippen molar-refractivity contribution in [3.05, 3.63) is 64.1 Å². The van der Waals surface area contributed by atoms with Crippen LogP contribution in [0.4, 0.5) is 5.69 Å². The van der Waals surface area contributed by atoms with Gasteiger partial charge in [0.15, 0.2) is 11.5 Å². The number of halogens is 1. The lowest BCUT2D eigenvalue weighted by atomic mass is 9.77. The standard InChI is InChI=1S/C20H20BrNO2/c1-23-18-8-4-7-15(20(18)24-2)19-14-6-3-5-13(14)16-11-12(21)9-10-17(16)22-19/h3-5,7-11,13-14,19,22H,6H2,1-2H3/t13-,14-,19-/m1/s1. The van der Waals surface area contributed by atoms with Crippen LogP contribution in [0.5, 0.6) is 11.5 Å². The molecule has 24 heavy (non-hydrogen) atoms. The Balaban J connectivity index is 1.82. The second kappa shape index (κ2) is 6.17. The van der Waals surface area contributed by atoms with Crippen molar-refractivity contribution < 1.29 is 9.47 Å². The number of anilines is 1. The number of nitrogens with one attached hydrogen (secondary N) is 1. The number of fused-ring (bicyclic) bond motifs is 3. The first-order chi connectivity index (χ1) is 11.7. The summed E-state index contributed by atoms with van der Waals surface area (Å²) >= 11 is 3.60. The number of allylic oxidation sites excluding steroid dienone is 2. The summed E-state index contributed by atoms with van der Waals surface area (Å²) < 4.78 is 12.3. The molecular weight excluding hydrogens is 366 g/mol. The minimum Gasteiger partial charge on any atom is -0.493 e. The highest BCUT2D eigenvalue weighted by Crippen LogP contribution is 2.52. The molecule has 0 aromatic heterocycles. The molecule has 2 aromatic carbocycles. The average Bonchev–Trinajstić information content (AvgIpc) is 3.10. The van der Waals surface area contributed by atoms with Gasteiger partial charge < -0.3 is 14.8 Å². The molecule has 0 saturated carbocycles. The number of hydrogen-bond donors (Lipinski definition) is 1. The molecule has 1 heterocycles. The lowest BCUT2D eigenvalue weighted by Gasteiger charge is -2.38. The molecule has 2 aromatic rings. The van der Waals surface area contributed by atoms with Gasteiger partial charge in [0.25, 0.3) is 0 Å². The van der Waals surface area contributed by atoms with E-state index in [9.17, 15) is 0 Å². The lowest BCUT2D eigenvalue weighted by Crippen LogP contribution is -2.29. The molecule has 1 aliphatic heterocycles. The molecule has 1 N–H and O–H groups in total. The number of hydrogen-bond acceptors (Lipinski definition) is 3. The summed E-state index contributed by atoms with van der Waals surface area (Å²) in [6.07, 6.45) is 5.71. The van der Waals surface area contributed by atoms with Gasteiger partial charge in [-0.2, -0.15) is 0 Å². The van der Waals surface area contributed by atoms with Crippen molar-refractivity contribution in [1.29, 1.82) is 0 Å². The van der Waals surface area contributed by atoms with Crippen LogP contribution in [0.2, 0.25) is 0 Å². The van der Waals surface area contributed by atoms with Crippen molar-refractivity contribution in [2.24, 2.45) is 5.92 Å². The third kappa shape index (κ3) is 2.40. The first-order valence-corrected chi connectivity index (χ1v) is 8.95. The van der Waals surface area contributed by atoms with Crippen molar-refractivity contribution in [2.75, 3.05) is 19.5 Å². The van der Waals surface area contributed by atoms with Gasteiger partial charge in [-0.1, -0.05) is 40.2 Å². The van der Waals surface area contributed by atoms with Crippen LogP contribution in [-0.4, -0.2) is 14.2 Å². The van der Waals surface area contributed by atoms with Crippen LogP contribution in [0.3, 0.4) is 0 Å². The zero-order chi connectivity index (χ0) is 16.7. The molecule has 1 aliphatic carbocycles. The monoisotopic (exact) mass is 385 g/mol. The van der Waals surface area contributed by atoms with E-state index in [1.165, 1.54) is 11.3 Å². The van der Waals surface area contributed by atoms with Gasteiger partial charge in [-0.15, -0.1) is 0 Å². The number of para-hydroxylation sites is 1. The van der Waals surface area contributed by atoms with Crippen LogP contribution < -0.4 is 14.8 Å². The van der Waals surface area contributed by atoms with E-state index >= 15 is 0 Å². The normalized spacial score (nSPS) is 24.0. The fraction of sp³-hybridized carbons (Fsp3) is 0.300. The molecule has 3 nitrogen and oxygen atoms in total. The zero-order valence-corrected chi connectivity index (χ0v) is 15.3. The van der Waals surface area contributed by atoms with Crippen LogP contribution in [0.1, 0.15) is 29.5 Å². The maximum absolute atomic E-state index is 5.68. The summed E-state index contributed by atoms with van der Waals surface area (Å²) in [4.78, 5) is 0. The molecule has 0 bridgehead atoms. The molecule has 4 heteroatoms. The molecule has 4 rings (SSSR count). The van der Waals surface area contributed by atoms with Crippen LogP contribution in [0.15, 0.2) is 53.0 Å². The minimum absolute atomic E-state index is 0.198. The van der Waals surface area contributed by atoms with Crippen molar-refractivity contribution in [3.8, 4) is 11.5 Å². The average molecular weight is 386 g/mol. The third-order valence-electron chi connectivity index (χ3n) is 5.09. The number of methoxy groups -OCH3 is 2. The molecule has 0 spiro atoms. The topological polar surface area (TPSA) is 30.5 Å². The van der Waals surface area contributed by atoms with Crippen LogP contribution in [-0.2, 0) is 0 Å². The van der Waals surface area contributed by atoms with Gasteiger partial charge in [-0.05, 0) is 42.2 Å². The summed E-state index contributed by atoms with van der Waals surface area (Å²) in [5, 5.41) is 3.74. The van der Waals surface area contributed by atoms with E-state index in [0.717, 1.165) is 28.0 Å². The highest BCUT2D eigenvalue weighted by molar-refractivity contribution is 9.10. The Morgan fingerprint density at radius 2 is 1.96 bits per heavy atom. The van der Waals surface area contributed by atoms with E-state index < -0.39 is 0 Å². The Bertz CT molecular complexity index is 802. The molecule has 2 aliphatic rings. The predicted octanol–water partition coefficient (Wildman–Crippen LogP) is 5.29. The van der Waals surface area contributed by atoms with Crippen molar-refractivity contribution in [3.63, 3.8) is 0 Å². The quantitative estimate of drug-likeness (QED) is 0.727. The largest absolute Gasteiger partial charge is 0.493 e. The van der Waals surface area contributed by atoms with Crippen molar-refractivity contribution in [1.82, 2.24) is 0 Å². The fourth-order valence-electron chi connectivity index (χ4n) is 4.03. The predicted molar refractivity (Wildman–Crippen MR) is 100 cm³/mol. The molecular formula is C20H20BrNO2. The molecule has 3 atom stereocenters. The van der Waals surface area contributed by atoms with E-state index in [2.05, 4.69) is 57.7 Å². The smallest absolute Gasteiger partial charge is 0.165 e. The number of benzene rings is 2.